The lowest BCUT2D eigenvalue weighted by molar-refractivity contribution is -0.130. The number of thioether (sulfide) groups is 1. The number of sulfonamides is 1. The van der Waals surface area contributed by atoms with E-state index in [1.165, 1.54) is 35.8 Å². The maximum absolute atomic E-state index is 14.2. The van der Waals surface area contributed by atoms with Crippen molar-refractivity contribution in [1.29, 1.82) is 0 Å². The number of aromatic nitrogens is 2. The number of carbonyl (C=O) groups is 1. The molecule has 1 aliphatic rings. The number of carbonyl (C=O) groups excluding carboxylic acids is 1. The summed E-state index contributed by atoms with van der Waals surface area (Å²) >= 11 is 1.11. The van der Waals surface area contributed by atoms with Crippen LogP contribution in [0.15, 0.2) is 129 Å². The van der Waals surface area contributed by atoms with Crippen molar-refractivity contribution in [3.8, 4) is 11.4 Å². The van der Waals surface area contributed by atoms with E-state index in [2.05, 4.69) is 24.3 Å². The second-order valence-corrected chi connectivity index (χ2v) is 15.5. The highest BCUT2D eigenvalue weighted by atomic mass is 32.2. The molecule has 0 radical (unpaired) electrons. The fourth-order valence-electron chi connectivity index (χ4n) is 6.18. The molecule has 10 nitrogen and oxygen atoms in total. The number of rotatable bonds is 9. The number of benzene rings is 5. The first-order chi connectivity index (χ1) is 24.5. The SMILES string of the molecule is COc1ccc(C2CC(c3ccc4ccccc4c3)=NN2C(=O)CSc2nc3ccccc3c(=O)n2-c2cc(S(=O)(=O)N(C)C)ccc2C)cc1. The first-order valence-electron chi connectivity index (χ1n) is 16.3. The Morgan fingerprint density at radius 2 is 1.65 bits per heavy atom. The van der Waals surface area contributed by atoms with E-state index in [-0.39, 0.29) is 33.3 Å². The molecule has 1 amide bonds. The zero-order valence-corrected chi connectivity index (χ0v) is 30.1. The van der Waals surface area contributed by atoms with Crippen molar-refractivity contribution < 1.29 is 17.9 Å². The molecule has 5 aromatic carbocycles. The third kappa shape index (κ3) is 6.53. The summed E-state index contributed by atoms with van der Waals surface area (Å²) in [6.45, 7) is 1.80. The van der Waals surface area contributed by atoms with E-state index in [4.69, 9.17) is 14.8 Å². The van der Waals surface area contributed by atoms with E-state index in [0.717, 1.165) is 43.7 Å². The van der Waals surface area contributed by atoms with Crippen LogP contribution in [0.4, 0.5) is 0 Å². The van der Waals surface area contributed by atoms with Gasteiger partial charge >= 0.3 is 0 Å². The van der Waals surface area contributed by atoms with Gasteiger partial charge in [-0.25, -0.2) is 22.7 Å². The number of hydrazone groups is 1. The van der Waals surface area contributed by atoms with E-state index >= 15 is 0 Å². The van der Waals surface area contributed by atoms with Gasteiger partial charge in [0.05, 0.1) is 46.1 Å². The van der Waals surface area contributed by atoms with Crippen LogP contribution in [0.2, 0.25) is 0 Å². The lowest BCUT2D eigenvalue weighted by Gasteiger charge is -2.22. The molecule has 0 bridgehead atoms. The van der Waals surface area contributed by atoms with Crippen LogP contribution >= 0.6 is 11.8 Å². The molecule has 0 saturated carbocycles. The van der Waals surface area contributed by atoms with E-state index < -0.39 is 10.0 Å². The molecule has 0 spiro atoms. The minimum Gasteiger partial charge on any atom is -0.497 e. The zero-order valence-electron chi connectivity index (χ0n) is 28.5. The van der Waals surface area contributed by atoms with Crippen LogP contribution < -0.4 is 10.3 Å². The molecular weight excluding hydrogens is 683 g/mol. The molecule has 0 saturated heterocycles. The van der Waals surface area contributed by atoms with Crippen LogP contribution in [-0.2, 0) is 14.8 Å². The number of nitrogens with zero attached hydrogens (tertiary/aromatic N) is 5. The van der Waals surface area contributed by atoms with Crippen molar-refractivity contribution in [2.24, 2.45) is 5.10 Å². The number of para-hydroxylation sites is 1. The average Bonchev–Trinajstić information content (AvgIpc) is 3.60. The fourth-order valence-corrected chi connectivity index (χ4v) is 7.97. The highest BCUT2D eigenvalue weighted by molar-refractivity contribution is 7.99. The quantitative estimate of drug-likeness (QED) is 0.123. The number of hydrogen-bond acceptors (Lipinski definition) is 8. The Labute approximate surface area is 300 Å². The lowest BCUT2D eigenvalue weighted by Crippen LogP contribution is -2.29. The summed E-state index contributed by atoms with van der Waals surface area (Å²) in [4.78, 5) is 33.2. The normalized spacial score (nSPS) is 14.7. The Hall–Kier alpha value is -5.30. The highest BCUT2D eigenvalue weighted by Gasteiger charge is 2.33. The Morgan fingerprint density at radius 3 is 2.39 bits per heavy atom. The molecule has 1 aliphatic heterocycles. The second-order valence-electron chi connectivity index (χ2n) is 12.4. The highest BCUT2D eigenvalue weighted by Crippen LogP contribution is 2.35. The molecule has 258 valence electrons. The van der Waals surface area contributed by atoms with Gasteiger partial charge in [-0.2, -0.15) is 5.10 Å². The zero-order chi connectivity index (χ0) is 35.9. The van der Waals surface area contributed by atoms with Crippen LogP contribution in [0, 0.1) is 6.92 Å². The van der Waals surface area contributed by atoms with Crippen LogP contribution in [0.25, 0.3) is 27.4 Å². The van der Waals surface area contributed by atoms with Crippen LogP contribution in [-0.4, -0.2) is 65.9 Å². The van der Waals surface area contributed by atoms with Gasteiger partial charge in [-0.05, 0) is 76.9 Å². The topological polar surface area (TPSA) is 114 Å². The number of amides is 1. The van der Waals surface area contributed by atoms with E-state index in [1.54, 1.807) is 44.4 Å². The van der Waals surface area contributed by atoms with Gasteiger partial charge in [-0.3, -0.25) is 14.2 Å². The molecular formula is C39H35N5O5S2. The van der Waals surface area contributed by atoms with Gasteiger partial charge in [0.2, 0.25) is 10.0 Å². The second kappa shape index (κ2) is 13.8. The Balaban J connectivity index is 1.27. The maximum Gasteiger partial charge on any atom is 0.266 e. The van der Waals surface area contributed by atoms with Crippen LogP contribution in [0.1, 0.15) is 29.2 Å². The number of hydrogen-bond donors (Lipinski definition) is 0. The van der Waals surface area contributed by atoms with E-state index in [1.807, 2.05) is 42.5 Å². The third-order valence-electron chi connectivity index (χ3n) is 9.02. The molecule has 7 rings (SSSR count). The monoisotopic (exact) mass is 717 g/mol. The van der Waals surface area contributed by atoms with Gasteiger partial charge in [0.1, 0.15) is 5.75 Å². The van der Waals surface area contributed by atoms with Gasteiger partial charge in [0, 0.05) is 20.5 Å². The number of aryl methyl sites for hydroxylation is 1. The minimum absolute atomic E-state index is 0.0372. The number of methoxy groups -OCH3 is 1. The Morgan fingerprint density at radius 1 is 0.922 bits per heavy atom. The molecule has 12 heteroatoms. The molecule has 1 atom stereocenters. The molecule has 0 aliphatic carbocycles. The van der Waals surface area contributed by atoms with Gasteiger partial charge in [-0.1, -0.05) is 78.5 Å². The van der Waals surface area contributed by atoms with Crippen molar-refractivity contribution in [1.82, 2.24) is 18.9 Å². The molecule has 0 fully saturated rings. The molecule has 2 heterocycles. The number of ether oxygens (including phenoxy) is 1. The van der Waals surface area contributed by atoms with Crippen LogP contribution in [0.5, 0.6) is 5.75 Å². The van der Waals surface area contributed by atoms with Crippen LogP contribution in [0.3, 0.4) is 0 Å². The Bertz CT molecular complexity index is 2510. The van der Waals surface area contributed by atoms with Crippen molar-refractivity contribution in [3.63, 3.8) is 0 Å². The van der Waals surface area contributed by atoms with Crippen molar-refractivity contribution in [2.75, 3.05) is 27.0 Å². The summed E-state index contributed by atoms with van der Waals surface area (Å²) in [7, 11) is 0.720. The van der Waals surface area contributed by atoms with E-state index in [0.29, 0.717) is 34.3 Å². The van der Waals surface area contributed by atoms with Crippen molar-refractivity contribution >= 4 is 55.1 Å². The third-order valence-corrected chi connectivity index (χ3v) is 11.8. The summed E-state index contributed by atoms with van der Waals surface area (Å²) in [6.07, 6.45) is 0.506. The van der Waals surface area contributed by atoms with E-state index in [9.17, 15) is 18.0 Å². The molecule has 6 aromatic rings. The predicted molar refractivity (Wildman–Crippen MR) is 201 cm³/mol. The minimum atomic E-state index is -3.80. The summed E-state index contributed by atoms with van der Waals surface area (Å²) in [5.41, 5.74) is 3.76. The van der Waals surface area contributed by atoms with Gasteiger partial charge in [0.25, 0.3) is 11.5 Å². The number of fused-ring (bicyclic) bond motifs is 2. The summed E-state index contributed by atoms with van der Waals surface area (Å²) in [5.74, 6) is 0.353. The van der Waals surface area contributed by atoms with Gasteiger partial charge in [-0.15, -0.1) is 0 Å². The Kier molecular flexibility index (Phi) is 9.23. The van der Waals surface area contributed by atoms with Gasteiger partial charge in [0.15, 0.2) is 5.16 Å². The predicted octanol–water partition coefficient (Wildman–Crippen LogP) is 6.58. The fraction of sp³-hybridized carbons (Fsp3) is 0.179. The van der Waals surface area contributed by atoms with Crippen molar-refractivity contribution in [3.05, 3.63) is 136 Å². The molecule has 51 heavy (non-hydrogen) atoms. The lowest BCUT2D eigenvalue weighted by atomic mass is 9.97. The summed E-state index contributed by atoms with van der Waals surface area (Å²) in [6, 6.07) is 33.2. The summed E-state index contributed by atoms with van der Waals surface area (Å²) in [5, 5.41) is 9.24. The average molecular weight is 718 g/mol. The maximum atomic E-state index is 14.2. The standard InChI is InChI=1S/C39H35N5O5S2/c1-25-13-20-31(51(47,48)42(2)3)22-35(25)43-38(46)32-11-7-8-12-33(32)40-39(43)50-24-37(45)44-36(27-16-18-30(49-4)19-17-27)23-34(41-44)29-15-14-26-9-5-6-10-28(26)21-29/h5-22,36H,23-24H2,1-4H3. The smallest absolute Gasteiger partial charge is 0.266 e. The molecule has 0 N–H and O–H groups in total. The largest absolute Gasteiger partial charge is 0.497 e. The first kappa shape index (κ1) is 34.2. The first-order valence-corrected chi connectivity index (χ1v) is 18.7. The van der Waals surface area contributed by atoms with Gasteiger partial charge < -0.3 is 4.74 Å². The molecule has 1 aromatic heterocycles. The van der Waals surface area contributed by atoms with Crippen molar-refractivity contribution in [2.45, 2.75) is 29.4 Å². The molecule has 1 unspecified atom stereocenters. The summed E-state index contributed by atoms with van der Waals surface area (Å²) < 4.78 is 34.1.